The van der Waals surface area contributed by atoms with Gasteiger partial charge in [-0.25, -0.2) is 4.98 Å². The van der Waals surface area contributed by atoms with E-state index in [-0.39, 0.29) is 10.6 Å². The maximum absolute atomic E-state index is 11.3. The van der Waals surface area contributed by atoms with Gasteiger partial charge in [0.25, 0.3) is 5.69 Å². The van der Waals surface area contributed by atoms with Crippen LogP contribution >= 0.6 is 0 Å². The molecule has 2 heterocycles. The highest BCUT2D eigenvalue weighted by Crippen LogP contribution is 2.35. The zero-order valence-electron chi connectivity index (χ0n) is 11.8. The molecule has 21 heavy (non-hydrogen) atoms. The minimum Gasteiger partial charge on any atom is -0.366 e. The second kappa shape index (κ2) is 5.51. The third-order valence-electron chi connectivity index (χ3n) is 4.06. The van der Waals surface area contributed by atoms with Crippen molar-refractivity contribution in [2.75, 3.05) is 18.0 Å². The van der Waals surface area contributed by atoms with Gasteiger partial charge in [-0.05, 0) is 25.8 Å². The number of nitrogens with one attached hydrogen (secondary N) is 1. The molecule has 7 heteroatoms. The van der Waals surface area contributed by atoms with Crippen LogP contribution in [0.3, 0.4) is 0 Å². The summed E-state index contributed by atoms with van der Waals surface area (Å²) in [5, 5.41) is 18.1. The summed E-state index contributed by atoms with van der Waals surface area (Å²) in [5.41, 5.74) is 1.64. The molecule has 1 aromatic heterocycles. The standard InChI is InChI=1S/C14H17N5O2/c1-10-3-2-4-12(13(10)19(20)21)18-7-5-11(6-8-18)14-15-9-16-17-14/h2-4,9,11H,5-8H2,1H3,(H,15,16,17). The van der Waals surface area contributed by atoms with Crippen molar-refractivity contribution in [3.8, 4) is 0 Å². The highest BCUT2D eigenvalue weighted by Gasteiger charge is 2.27. The minimum absolute atomic E-state index is 0.218. The minimum atomic E-state index is -0.285. The summed E-state index contributed by atoms with van der Waals surface area (Å²) < 4.78 is 0. The number of aryl methyl sites for hydroxylation is 1. The molecule has 7 nitrogen and oxygen atoms in total. The molecule has 2 aromatic rings. The number of nitrogens with zero attached hydrogens (tertiary/aromatic N) is 4. The number of para-hydroxylation sites is 1. The largest absolute Gasteiger partial charge is 0.366 e. The van der Waals surface area contributed by atoms with Crippen LogP contribution in [0.15, 0.2) is 24.5 Å². The van der Waals surface area contributed by atoms with Crippen LogP contribution in [0.1, 0.15) is 30.1 Å². The second-order valence-corrected chi connectivity index (χ2v) is 5.33. The molecule has 3 rings (SSSR count). The number of aromatic nitrogens is 3. The topological polar surface area (TPSA) is 88.0 Å². The van der Waals surface area contributed by atoms with Gasteiger partial charge in [0.1, 0.15) is 17.8 Å². The average Bonchev–Trinajstić information content (AvgIpc) is 3.01. The molecular weight excluding hydrogens is 270 g/mol. The van der Waals surface area contributed by atoms with Crippen LogP contribution in [-0.4, -0.2) is 33.2 Å². The van der Waals surface area contributed by atoms with Gasteiger partial charge in [0, 0.05) is 24.6 Å². The first-order chi connectivity index (χ1) is 10.2. The van der Waals surface area contributed by atoms with E-state index in [1.807, 2.05) is 12.1 Å². The monoisotopic (exact) mass is 287 g/mol. The predicted octanol–water partition coefficient (Wildman–Crippen LogP) is 2.41. The van der Waals surface area contributed by atoms with E-state index in [0.29, 0.717) is 11.5 Å². The summed E-state index contributed by atoms with van der Waals surface area (Å²) in [5.74, 6) is 1.26. The maximum Gasteiger partial charge on any atom is 0.295 e. The number of nitro benzene ring substituents is 1. The molecule has 0 bridgehead atoms. The maximum atomic E-state index is 11.3. The van der Waals surface area contributed by atoms with E-state index in [1.54, 1.807) is 13.0 Å². The van der Waals surface area contributed by atoms with Gasteiger partial charge in [-0.1, -0.05) is 12.1 Å². The molecule has 1 N–H and O–H groups in total. The zero-order chi connectivity index (χ0) is 14.8. The number of hydrogen-bond donors (Lipinski definition) is 1. The van der Waals surface area contributed by atoms with Gasteiger partial charge in [-0.2, -0.15) is 5.10 Å². The van der Waals surface area contributed by atoms with E-state index in [9.17, 15) is 10.1 Å². The first kappa shape index (κ1) is 13.5. The molecule has 0 amide bonds. The number of nitro groups is 1. The molecule has 0 radical (unpaired) electrons. The Kier molecular flexibility index (Phi) is 3.55. The SMILES string of the molecule is Cc1cccc(N2CCC(c3ncn[nH]3)CC2)c1[N+](=O)[O-]. The fourth-order valence-corrected chi connectivity index (χ4v) is 2.94. The van der Waals surface area contributed by atoms with Gasteiger partial charge in [0.2, 0.25) is 0 Å². The van der Waals surface area contributed by atoms with Crippen molar-refractivity contribution in [2.45, 2.75) is 25.7 Å². The summed E-state index contributed by atoms with van der Waals surface area (Å²) in [6.07, 6.45) is 3.35. The lowest BCUT2D eigenvalue weighted by molar-refractivity contribution is -0.384. The third kappa shape index (κ3) is 2.58. The molecule has 1 aliphatic heterocycles. The zero-order valence-corrected chi connectivity index (χ0v) is 11.8. The second-order valence-electron chi connectivity index (χ2n) is 5.33. The number of anilines is 1. The Balaban J connectivity index is 1.78. The molecule has 0 unspecified atom stereocenters. The van der Waals surface area contributed by atoms with Crippen molar-refractivity contribution in [1.29, 1.82) is 0 Å². The third-order valence-corrected chi connectivity index (χ3v) is 4.06. The van der Waals surface area contributed by atoms with E-state index >= 15 is 0 Å². The Bertz CT molecular complexity index is 633. The molecule has 110 valence electrons. The fourth-order valence-electron chi connectivity index (χ4n) is 2.94. The highest BCUT2D eigenvalue weighted by molar-refractivity contribution is 5.66. The molecule has 0 spiro atoms. The molecule has 0 aliphatic carbocycles. The first-order valence-corrected chi connectivity index (χ1v) is 7.01. The van der Waals surface area contributed by atoms with Gasteiger partial charge in [0.05, 0.1) is 4.92 Å². The Morgan fingerprint density at radius 1 is 1.38 bits per heavy atom. The fraction of sp³-hybridized carbons (Fsp3) is 0.429. The van der Waals surface area contributed by atoms with E-state index in [2.05, 4.69) is 20.1 Å². The normalized spacial score (nSPS) is 16.1. The van der Waals surface area contributed by atoms with Gasteiger partial charge < -0.3 is 4.90 Å². The molecular formula is C14H17N5O2. The summed E-state index contributed by atoms with van der Waals surface area (Å²) in [6.45, 7) is 3.36. The van der Waals surface area contributed by atoms with Gasteiger partial charge >= 0.3 is 0 Å². The lowest BCUT2D eigenvalue weighted by atomic mass is 9.95. The first-order valence-electron chi connectivity index (χ1n) is 7.01. The lowest BCUT2D eigenvalue weighted by Gasteiger charge is -2.32. The van der Waals surface area contributed by atoms with Crippen molar-refractivity contribution in [3.63, 3.8) is 0 Å². The van der Waals surface area contributed by atoms with Gasteiger partial charge in [0.15, 0.2) is 0 Å². The molecule has 1 fully saturated rings. The van der Waals surface area contributed by atoms with Crippen LogP contribution in [0.2, 0.25) is 0 Å². The van der Waals surface area contributed by atoms with Crippen molar-refractivity contribution < 1.29 is 4.92 Å². The van der Waals surface area contributed by atoms with Gasteiger partial charge in [-0.3, -0.25) is 15.2 Å². The van der Waals surface area contributed by atoms with Crippen molar-refractivity contribution in [3.05, 3.63) is 46.0 Å². The van der Waals surface area contributed by atoms with Crippen molar-refractivity contribution in [2.24, 2.45) is 0 Å². The Morgan fingerprint density at radius 3 is 2.76 bits per heavy atom. The average molecular weight is 287 g/mol. The van der Waals surface area contributed by atoms with Crippen LogP contribution < -0.4 is 4.90 Å². The van der Waals surface area contributed by atoms with Crippen LogP contribution in [0, 0.1) is 17.0 Å². The predicted molar refractivity (Wildman–Crippen MR) is 78.4 cm³/mol. The molecule has 0 atom stereocenters. The molecule has 0 saturated carbocycles. The van der Waals surface area contributed by atoms with Crippen molar-refractivity contribution in [1.82, 2.24) is 15.2 Å². The van der Waals surface area contributed by atoms with E-state index < -0.39 is 0 Å². The summed E-state index contributed by atoms with van der Waals surface area (Å²) in [4.78, 5) is 17.3. The Hall–Kier alpha value is -2.44. The molecule has 1 aliphatic rings. The summed E-state index contributed by atoms with van der Waals surface area (Å²) in [7, 11) is 0. The number of H-pyrrole nitrogens is 1. The van der Waals surface area contributed by atoms with E-state index in [1.165, 1.54) is 6.33 Å². The summed E-state index contributed by atoms with van der Waals surface area (Å²) >= 11 is 0. The highest BCUT2D eigenvalue weighted by atomic mass is 16.6. The number of aromatic amines is 1. The number of rotatable bonds is 3. The molecule has 1 saturated heterocycles. The number of hydrogen-bond acceptors (Lipinski definition) is 5. The van der Waals surface area contributed by atoms with E-state index in [4.69, 9.17) is 0 Å². The van der Waals surface area contributed by atoms with Crippen molar-refractivity contribution >= 4 is 11.4 Å². The van der Waals surface area contributed by atoms with Crippen LogP contribution in [-0.2, 0) is 0 Å². The Morgan fingerprint density at radius 2 is 2.14 bits per heavy atom. The quantitative estimate of drug-likeness (QED) is 0.691. The number of benzene rings is 1. The smallest absolute Gasteiger partial charge is 0.295 e. The van der Waals surface area contributed by atoms with Gasteiger partial charge in [-0.15, -0.1) is 0 Å². The summed E-state index contributed by atoms with van der Waals surface area (Å²) in [6, 6.07) is 5.49. The Labute approximate surface area is 122 Å². The van der Waals surface area contributed by atoms with Crippen LogP contribution in [0.5, 0.6) is 0 Å². The van der Waals surface area contributed by atoms with Crippen LogP contribution in [0.4, 0.5) is 11.4 Å². The number of piperidine rings is 1. The molecule has 1 aromatic carbocycles. The van der Waals surface area contributed by atoms with Crippen LogP contribution in [0.25, 0.3) is 0 Å². The van der Waals surface area contributed by atoms with E-state index in [0.717, 1.165) is 37.4 Å². The lowest BCUT2D eigenvalue weighted by Crippen LogP contribution is -2.33.